The zero-order chi connectivity index (χ0) is 12.8. The molecule has 1 aromatic rings. The van der Waals surface area contributed by atoms with E-state index in [0.717, 1.165) is 12.2 Å². The van der Waals surface area contributed by atoms with E-state index in [1.807, 2.05) is 30.3 Å². The molecular weight excluding hydrogens is 226 g/mol. The maximum absolute atomic E-state index is 11.2. The van der Waals surface area contributed by atoms with Gasteiger partial charge >= 0.3 is 0 Å². The van der Waals surface area contributed by atoms with E-state index in [9.17, 15) is 4.79 Å². The average Bonchev–Trinajstić information content (AvgIpc) is 2.85. The minimum Gasteiger partial charge on any atom is -0.325 e. The Morgan fingerprint density at radius 3 is 2.56 bits per heavy atom. The normalized spacial score (nSPS) is 15.3. The fraction of sp³-hybridized carbons (Fsp3) is 0.429. The molecule has 0 aliphatic carbocycles. The van der Waals surface area contributed by atoms with Crippen LogP contribution in [0.2, 0.25) is 0 Å². The second-order valence-corrected chi connectivity index (χ2v) is 4.56. The van der Waals surface area contributed by atoms with Crippen LogP contribution in [0, 0.1) is 11.3 Å². The van der Waals surface area contributed by atoms with Gasteiger partial charge in [-0.1, -0.05) is 12.1 Å². The summed E-state index contributed by atoms with van der Waals surface area (Å²) in [6.45, 7) is 3.34. The molecule has 4 heteroatoms. The third-order valence-electron chi connectivity index (χ3n) is 3.08. The smallest absolute Gasteiger partial charge is 0.238 e. The molecule has 0 unspecified atom stereocenters. The number of amides is 1. The number of hydrogen-bond acceptors (Lipinski definition) is 3. The molecule has 4 nitrogen and oxygen atoms in total. The highest BCUT2D eigenvalue weighted by Crippen LogP contribution is 2.15. The Labute approximate surface area is 107 Å². The molecule has 0 saturated carbocycles. The van der Waals surface area contributed by atoms with Gasteiger partial charge in [0, 0.05) is 12.2 Å². The first-order valence-electron chi connectivity index (χ1n) is 6.26. The second-order valence-electron chi connectivity index (χ2n) is 4.56. The number of nitriles is 1. The lowest BCUT2D eigenvalue weighted by atomic mass is 10.2. The molecule has 1 N–H and O–H groups in total. The van der Waals surface area contributed by atoms with Gasteiger partial charge in [0.25, 0.3) is 0 Å². The Morgan fingerprint density at radius 1 is 1.28 bits per heavy atom. The molecule has 1 amide bonds. The summed E-state index contributed by atoms with van der Waals surface area (Å²) in [4.78, 5) is 13.7. The summed E-state index contributed by atoms with van der Waals surface area (Å²) < 4.78 is 0. The molecule has 18 heavy (non-hydrogen) atoms. The lowest BCUT2D eigenvalue weighted by Gasteiger charge is -2.14. The molecule has 1 fully saturated rings. The van der Waals surface area contributed by atoms with Crippen molar-refractivity contribution in [3.05, 3.63) is 29.8 Å². The van der Waals surface area contributed by atoms with Crippen molar-refractivity contribution in [3.63, 3.8) is 0 Å². The monoisotopic (exact) mass is 243 g/mol. The number of carbonyl (C=O) groups is 1. The van der Waals surface area contributed by atoms with Gasteiger partial charge in [-0.15, -0.1) is 0 Å². The Morgan fingerprint density at radius 2 is 1.94 bits per heavy atom. The molecule has 1 heterocycles. The van der Waals surface area contributed by atoms with E-state index < -0.39 is 0 Å². The van der Waals surface area contributed by atoms with Gasteiger partial charge in [-0.25, -0.2) is 0 Å². The number of nitrogens with zero attached hydrogens (tertiary/aromatic N) is 2. The number of hydrogen-bond donors (Lipinski definition) is 1. The first-order valence-corrected chi connectivity index (χ1v) is 6.26. The van der Waals surface area contributed by atoms with Crippen molar-refractivity contribution in [3.8, 4) is 6.07 Å². The molecule has 1 aliphatic rings. The number of rotatable bonds is 4. The van der Waals surface area contributed by atoms with Gasteiger partial charge < -0.3 is 5.32 Å². The fourth-order valence-corrected chi connectivity index (χ4v) is 2.17. The van der Waals surface area contributed by atoms with Gasteiger partial charge in [0.2, 0.25) is 5.91 Å². The molecule has 94 valence electrons. The zero-order valence-electron chi connectivity index (χ0n) is 10.4. The number of benzene rings is 1. The van der Waals surface area contributed by atoms with Crippen molar-refractivity contribution in [1.82, 2.24) is 4.90 Å². The van der Waals surface area contributed by atoms with E-state index in [-0.39, 0.29) is 12.3 Å². The van der Waals surface area contributed by atoms with Crippen LogP contribution in [0.15, 0.2) is 24.3 Å². The Hall–Kier alpha value is -1.86. The Bertz CT molecular complexity index is 441. The van der Waals surface area contributed by atoms with Crippen molar-refractivity contribution in [2.75, 3.05) is 18.4 Å². The fourth-order valence-electron chi connectivity index (χ4n) is 2.17. The second kappa shape index (κ2) is 6.18. The molecule has 2 rings (SSSR count). The first kappa shape index (κ1) is 12.6. The summed E-state index contributed by atoms with van der Waals surface area (Å²) in [6, 6.07) is 9.66. The standard InChI is InChI=1S/C14H17N3O/c15-8-7-14(18)16-13-5-3-12(4-6-13)11-17-9-1-2-10-17/h3-6H,1-2,7,9-11H2,(H,16,18). The number of anilines is 1. The molecule has 0 spiro atoms. The van der Waals surface area contributed by atoms with Crippen molar-refractivity contribution >= 4 is 11.6 Å². The molecule has 0 bridgehead atoms. The minimum atomic E-state index is -0.259. The lowest BCUT2D eigenvalue weighted by Crippen LogP contribution is -2.18. The summed E-state index contributed by atoms with van der Waals surface area (Å²) in [5.74, 6) is -0.259. The Balaban J connectivity index is 1.88. The van der Waals surface area contributed by atoms with E-state index in [1.165, 1.54) is 31.5 Å². The predicted molar refractivity (Wildman–Crippen MR) is 69.8 cm³/mol. The van der Waals surface area contributed by atoms with Gasteiger partial charge in [-0.2, -0.15) is 5.26 Å². The van der Waals surface area contributed by atoms with Crippen LogP contribution in [0.3, 0.4) is 0 Å². The highest BCUT2D eigenvalue weighted by atomic mass is 16.1. The number of carbonyl (C=O) groups excluding carboxylic acids is 1. The highest BCUT2D eigenvalue weighted by molar-refractivity contribution is 5.91. The summed E-state index contributed by atoms with van der Waals surface area (Å²) in [5, 5.41) is 11.1. The maximum atomic E-state index is 11.2. The quantitative estimate of drug-likeness (QED) is 0.881. The molecule has 0 aromatic heterocycles. The van der Waals surface area contributed by atoms with Crippen LogP contribution in [0.25, 0.3) is 0 Å². The van der Waals surface area contributed by atoms with Gasteiger partial charge in [0.15, 0.2) is 0 Å². The highest BCUT2D eigenvalue weighted by Gasteiger charge is 2.11. The van der Waals surface area contributed by atoms with Gasteiger partial charge in [0.1, 0.15) is 6.42 Å². The van der Waals surface area contributed by atoms with E-state index >= 15 is 0 Å². The van der Waals surface area contributed by atoms with Gasteiger partial charge in [-0.3, -0.25) is 9.69 Å². The maximum Gasteiger partial charge on any atom is 0.238 e. The molecule has 1 aliphatic heterocycles. The van der Waals surface area contributed by atoms with Crippen LogP contribution in [0.1, 0.15) is 24.8 Å². The summed E-state index contributed by atoms with van der Waals surface area (Å²) in [7, 11) is 0. The van der Waals surface area contributed by atoms with Crippen molar-refractivity contribution in [2.24, 2.45) is 0 Å². The van der Waals surface area contributed by atoms with E-state index in [4.69, 9.17) is 5.26 Å². The molecule has 0 atom stereocenters. The number of likely N-dealkylation sites (tertiary alicyclic amines) is 1. The lowest BCUT2D eigenvalue weighted by molar-refractivity contribution is -0.115. The zero-order valence-corrected chi connectivity index (χ0v) is 10.4. The predicted octanol–water partition coefficient (Wildman–Crippen LogP) is 2.13. The minimum absolute atomic E-state index is 0.102. The van der Waals surface area contributed by atoms with Crippen molar-refractivity contribution < 1.29 is 4.79 Å². The van der Waals surface area contributed by atoms with Crippen LogP contribution in [-0.4, -0.2) is 23.9 Å². The van der Waals surface area contributed by atoms with Crippen LogP contribution < -0.4 is 5.32 Å². The molecule has 0 radical (unpaired) electrons. The summed E-state index contributed by atoms with van der Waals surface area (Å²) in [5.41, 5.74) is 2.01. The van der Waals surface area contributed by atoms with Crippen LogP contribution in [0.5, 0.6) is 0 Å². The van der Waals surface area contributed by atoms with E-state index in [1.54, 1.807) is 0 Å². The van der Waals surface area contributed by atoms with Crippen LogP contribution in [0.4, 0.5) is 5.69 Å². The summed E-state index contributed by atoms with van der Waals surface area (Å²) >= 11 is 0. The molecule has 1 aromatic carbocycles. The van der Waals surface area contributed by atoms with Crippen molar-refractivity contribution in [2.45, 2.75) is 25.8 Å². The topological polar surface area (TPSA) is 56.1 Å². The third kappa shape index (κ3) is 3.57. The van der Waals surface area contributed by atoms with Gasteiger partial charge in [0.05, 0.1) is 6.07 Å². The van der Waals surface area contributed by atoms with Crippen LogP contribution in [-0.2, 0) is 11.3 Å². The van der Waals surface area contributed by atoms with E-state index in [0.29, 0.717) is 0 Å². The van der Waals surface area contributed by atoms with Crippen molar-refractivity contribution in [1.29, 1.82) is 5.26 Å². The number of nitrogens with one attached hydrogen (secondary N) is 1. The largest absolute Gasteiger partial charge is 0.325 e. The molecular formula is C14H17N3O. The van der Waals surface area contributed by atoms with Gasteiger partial charge in [-0.05, 0) is 43.6 Å². The SMILES string of the molecule is N#CCC(=O)Nc1ccc(CN2CCCC2)cc1. The third-order valence-corrected chi connectivity index (χ3v) is 3.08. The average molecular weight is 243 g/mol. The Kier molecular flexibility index (Phi) is 4.32. The van der Waals surface area contributed by atoms with E-state index in [2.05, 4.69) is 10.2 Å². The summed E-state index contributed by atoms with van der Waals surface area (Å²) in [6.07, 6.45) is 2.49. The first-order chi connectivity index (χ1) is 8.78. The molecule has 1 saturated heterocycles. The van der Waals surface area contributed by atoms with Crippen LogP contribution >= 0.6 is 0 Å².